The van der Waals surface area contributed by atoms with Crippen molar-refractivity contribution in [3.8, 4) is 5.75 Å². The van der Waals surface area contributed by atoms with E-state index in [0.29, 0.717) is 11.3 Å². The molecule has 36 heavy (non-hydrogen) atoms. The van der Waals surface area contributed by atoms with E-state index in [9.17, 15) is 18.7 Å². The van der Waals surface area contributed by atoms with E-state index in [1.165, 1.54) is 30.7 Å². The molecular formula is C29H43F2N3O2. The van der Waals surface area contributed by atoms with Crippen LogP contribution in [0.25, 0.3) is 0 Å². The molecule has 5 N–H and O–H groups in total. The van der Waals surface area contributed by atoms with Crippen LogP contribution in [0.4, 0.5) is 8.78 Å². The third-order valence-corrected chi connectivity index (χ3v) is 5.61. The number of carbonyl (C=O) groups excluding carboxylic acids is 1. The zero-order valence-electron chi connectivity index (χ0n) is 23.1. The molecule has 0 heterocycles. The highest BCUT2D eigenvalue weighted by Crippen LogP contribution is 2.30. The zero-order chi connectivity index (χ0) is 28.2. The number of hydrogen-bond donors (Lipinski definition) is 3. The standard InChI is InChI=1S/C22H25F2N3O2.C5H12.C2H6/c1-12-5-10-17(28)11-18(12)13(2)19(25)20(21(26)29)27-14(3)15-6-8-16(9-7-15)22(4,23)24;1-4-5(2)3;1-2/h5-11,13,28H,25H2,1-4H3,(H2,26,29);5H,4H2,1-3H3;1-2H3/b20-19+,27-14?;;. The number of nitrogens with two attached hydrogens (primary N) is 2. The van der Waals surface area contributed by atoms with Crippen LogP contribution in [0.15, 0.2) is 58.9 Å². The molecule has 0 aliphatic heterocycles. The lowest BCUT2D eigenvalue weighted by Crippen LogP contribution is -2.21. The Hall–Kier alpha value is -3.22. The van der Waals surface area contributed by atoms with Crippen LogP contribution >= 0.6 is 0 Å². The Morgan fingerprint density at radius 3 is 1.97 bits per heavy atom. The van der Waals surface area contributed by atoms with Crippen molar-refractivity contribution in [1.82, 2.24) is 0 Å². The van der Waals surface area contributed by atoms with E-state index in [2.05, 4.69) is 25.8 Å². The highest BCUT2D eigenvalue weighted by molar-refractivity contribution is 6.03. The van der Waals surface area contributed by atoms with Crippen LogP contribution in [0, 0.1) is 12.8 Å². The fourth-order valence-corrected chi connectivity index (χ4v) is 2.97. The number of rotatable bonds is 7. The Balaban J connectivity index is 0.00000156. The fourth-order valence-electron chi connectivity index (χ4n) is 2.97. The molecule has 0 aromatic heterocycles. The van der Waals surface area contributed by atoms with Gasteiger partial charge in [0, 0.05) is 29.8 Å². The maximum atomic E-state index is 13.4. The number of aromatic hydroxyl groups is 1. The van der Waals surface area contributed by atoms with Crippen molar-refractivity contribution in [2.24, 2.45) is 22.4 Å². The maximum Gasteiger partial charge on any atom is 0.270 e. The number of alkyl halides is 2. The number of hydrogen-bond acceptors (Lipinski definition) is 4. The first-order valence-corrected chi connectivity index (χ1v) is 12.3. The summed E-state index contributed by atoms with van der Waals surface area (Å²) in [5.74, 6) is -3.21. The quantitative estimate of drug-likeness (QED) is 0.276. The van der Waals surface area contributed by atoms with Crippen LogP contribution in [0.1, 0.15) is 90.0 Å². The summed E-state index contributed by atoms with van der Waals surface area (Å²) in [5, 5.41) is 9.76. The third-order valence-electron chi connectivity index (χ3n) is 5.61. The predicted molar refractivity (Wildman–Crippen MR) is 146 cm³/mol. The zero-order valence-corrected chi connectivity index (χ0v) is 23.1. The van der Waals surface area contributed by atoms with E-state index in [1.54, 1.807) is 32.0 Å². The van der Waals surface area contributed by atoms with Gasteiger partial charge >= 0.3 is 0 Å². The number of phenols is 1. The van der Waals surface area contributed by atoms with Gasteiger partial charge in [0.2, 0.25) is 0 Å². The lowest BCUT2D eigenvalue weighted by molar-refractivity contribution is -0.114. The minimum absolute atomic E-state index is 0.0818. The number of amides is 1. The summed E-state index contributed by atoms with van der Waals surface area (Å²) in [6, 6.07) is 10.5. The molecule has 1 atom stereocenters. The van der Waals surface area contributed by atoms with E-state index in [1.807, 2.05) is 20.8 Å². The topological polar surface area (TPSA) is 102 Å². The summed E-state index contributed by atoms with van der Waals surface area (Å²) in [7, 11) is 0. The van der Waals surface area contributed by atoms with Crippen LogP contribution in [-0.4, -0.2) is 16.7 Å². The highest BCUT2D eigenvalue weighted by atomic mass is 19.3. The molecule has 1 unspecified atom stereocenters. The molecule has 0 fully saturated rings. The molecule has 2 rings (SSSR count). The van der Waals surface area contributed by atoms with Crippen LogP contribution in [-0.2, 0) is 10.7 Å². The van der Waals surface area contributed by atoms with Gasteiger partial charge in [-0.3, -0.25) is 4.79 Å². The molecule has 7 heteroatoms. The highest BCUT2D eigenvalue weighted by Gasteiger charge is 2.24. The van der Waals surface area contributed by atoms with Crippen molar-refractivity contribution >= 4 is 11.6 Å². The fraction of sp³-hybridized carbons (Fsp3) is 0.448. The molecule has 0 saturated heterocycles. The molecule has 0 aliphatic rings. The van der Waals surface area contributed by atoms with Crippen molar-refractivity contribution in [1.29, 1.82) is 0 Å². The molecule has 0 bridgehead atoms. The number of carbonyl (C=O) groups is 1. The van der Waals surface area contributed by atoms with Gasteiger partial charge in [-0.1, -0.05) is 78.3 Å². The molecule has 5 nitrogen and oxygen atoms in total. The molecule has 0 spiro atoms. The van der Waals surface area contributed by atoms with Gasteiger partial charge in [0.25, 0.3) is 11.8 Å². The first-order chi connectivity index (χ1) is 16.7. The van der Waals surface area contributed by atoms with E-state index >= 15 is 0 Å². The number of halogens is 2. The van der Waals surface area contributed by atoms with Gasteiger partial charge in [0.1, 0.15) is 11.4 Å². The molecular weight excluding hydrogens is 460 g/mol. The SMILES string of the molecule is CC.CC(=N/C(C(N)=O)=C(/N)C(C)c1cc(O)ccc1C)c1ccc(C(C)(F)F)cc1.CCC(C)C. The summed E-state index contributed by atoms with van der Waals surface area (Å²) in [5.41, 5.74) is 14.2. The van der Waals surface area contributed by atoms with E-state index in [-0.39, 0.29) is 22.7 Å². The number of primary amides is 1. The third kappa shape index (κ3) is 10.2. The Morgan fingerprint density at radius 2 is 1.56 bits per heavy atom. The van der Waals surface area contributed by atoms with Crippen LogP contribution in [0.2, 0.25) is 0 Å². The van der Waals surface area contributed by atoms with Gasteiger partial charge in [0.05, 0.1) is 0 Å². The average molecular weight is 504 g/mol. The molecule has 2 aromatic rings. The minimum atomic E-state index is -2.94. The summed E-state index contributed by atoms with van der Waals surface area (Å²) >= 11 is 0. The summed E-state index contributed by atoms with van der Waals surface area (Å²) in [6.07, 6.45) is 1.31. The molecule has 2 aromatic carbocycles. The molecule has 1 amide bonds. The van der Waals surface area contributed by atoms with Gasteiger partial charge in [-0.25, -0.2) is 13.8 Å². The Bertz CT molecular complexity index is 1040. The van der Waals surface area contributed by atoms with Crippen LogP contribution in [0.3, 0.4) is 0 Å². The summed E-state index contributed by atoms with van der Waals surface area (Å²) < 4.78 is 26.8. The smallest absolute Gasteiger partial charge is 0.270 e. The first kappa shape index (κ1) is 32.8. The van der Waals surface area contributed by atoms with E-state index < -0.39 is 17.7 Å². The second-order valence-electron chi connectivity index (χ2n) is 8.90. The van der Waals surface area contributed by atoms with Crippen molar-refractivity contribution in [2.75, 3.05) is 0 Å². The van der Waals surface area contributed by atoms with E-state index in [0.717, 1.165) is 24.0 Å². The molecule has 0 aliphatic carbocycles. The summed E-state index contributed by atoms with van der Waals surface area (Å²) in [4.78, 5) is 16.3. The van der Waals surface area contributed by atoms with E-state index in [4.69, 9.17) is 11.5 Å². The molecule has 0 radical (unpaired) electrons. The van der Waals surface area contributed by atoms with Crippen molar-refractivity contribution in [3.63, 3.8) is 0 Å². The number of aliphatic imine (C=N–C) groups is 1. The predicted octanol–water partition coefficient (Wildman–Crippen LogP) is 7.16. The van der Waals surface area contributed by atoms with Crippen LogP contribution < -0.4 is 11.5 Å². The second-order valence-corrected chi connectivity index (χ2v) is 8.90. The van der Waals surface area contributed by atoms with Gasteiger partial charge in [-0.2, -0.15) is 0 Å². The number of aryl methyl sites for hydroxylation is 1. The minimum Gasteiger partial charge on any atom is -0.508 e. The largest absolute Gasteiger partial charge is 0.508 e. The van der Waals surface area contributed by atoms with Crippen molar-refractivity contribution in [2.45, 2.75) is 80.6 Å². The maximum absolute atomic E-state index is 13.4. The first-order valence-electron chi connectivity index (χ1n) is 12.3. The summed E-state index contributed by atoms with van der Waals surface area (Å²) in [6.45, 7) is 16.7. The Labute approximate surface area is 215 Å². The van der Waals surface area contributed by atoms with Crippen molar-refractivity contribution < 1.29 is 18.7 Å². The number of allylic oxidation sites excluding steroid dienone is 1. The van der Waals surface area contributed by atoms with Crippen molar-refractivity contribution in [3.05, 3.63) is 76.1 Å². The van der Waals surface area contributed by atoms with Gasteiger partial charge in [-0.15, -0.1) is 0 Å². The lowest BCUT2D eigenvalue weighted by Gasteiger charge is -2.17. The Kier molecular flexibility index (Phi) is 13.7. The average Bonchev–Trinajstić information content (AvgIpc) is 2.83. The van der Waals surface area contributed by atoms with Gasteiger partial charge in [0.15, 0.2) is 0 Å². The number of phenolic OH excluding ortho intramolecular Hbond substituents is 1. The molecule has 0 saturated carbocycles. The van der Waals surface area contributed by atoms with Gasteiger partial charge < -0.3 is 16.6 Å². The number of nitrogens with zero attached hydrogens (tertiary/aromatic N) is 1. The lowest BCUT2D eigenvalue weighted by atomic mass is 9.92. The molecule has 200 valence electrons. The monoisotopic (exact) mass is 503 g/mol. The second kappa shape index (κ2) is 15.0. The van der Waals surface area contributed by atoms with Gasteiger partial charge in [-0.05, 0) is 48.6 Å². The number of benzene rings is 2. The normalized spacial score (nSPS) is 13.1. The van der Waals surface area contributed by atoms with Crippen LogP contribution in [0.5, 0.6) is 5.75 Å². The Morgan fingerprint density at radius 1 is 1.06 bits per heavy atom.